The Hall–Kier alpha value is -2.82. The number of para-hydroxylation sites is 1. The fraction of sp³-hybridized carbons (Fsp3) is 0.364. The molecule has 5 nitrogen and oxygen atoms in total. The van der Waals surface area contributed by atoms with Crippen molar-refractivity contribution in [3.8, 4) is 5.75 Å². The summed E-state index contributed by atoms with van der Waals surface area (Å²) in [5.41, 5.74) is 8.23. The van der Waals surface area contributed by atoms with Crippen molar-refractivity contribution >= 4 is 11.8 Å². The molecule has 27 heavy (non-hydrogen) atoms. The van der Waals surface area contributed by atoms with Gasteiger partial charge in [-0.15, -0.1) is 0 Å². The van der Waals surface area contributed by atoms with Crippen LogP contribution in [0, 0.1) is 0 Å². The van der Waals surface area contributed by atoms with E-state index in [2.05, 4.69) is 36.8 Å². The number of carbonyl (C=O) groups is 2. The van der Waals surface area contributed by atoms with E-state index in [9.17, 15) is 9.59 Å². The Bertz CT molecular complexity index is 754. The van der Waals surface area contributed by atoms with Gasteiger partial charge in [-0.25, -0.2) is 0 Å². The van der Waals surface area contributed by atoms with Crippen molar-refractivity contribution in [1.29, 1.82) is 0 Å². The fourth-order valence-corrected chi connectivity index (χ4v) is 2.65. The van der Waals surface area contributed by atoms with Crippen LogP contribution in [0.15, 0.2) is 48.5 Å². The maximum Gasteiger partial charge on any atom is 0.276 e. The van der Waals surface area contributed by atoms with Gasteiger partial charge in [0, 0.05) is 6.42 Å². The average Bonchev–Trinajstić information content (AvgIpc) is 2.69. The predicted octanol–water partition coefficient (Wildman–Crippen LogP) is 3.53. The first-order valence-corrected chi connectivity index (χ1v) is 9.36. The average molecular weight is 368 g/mol. The smallest absolute Gasteiger partial charge is 0.276 e. The summed E-state index contributed by atoms with van der Waals surface area (Å²) in [6, 6.07) is 15.8. The van der Waals surface area contributed by atoms with Crippen LogP contribution in [0.4, 0.5) is 0 Å². The standard InChI is InChI=1S/C22H28N2O3/c1-4-18-7-5-6-8-20(18)27-15-22(26)24-23-21(25)14-11-17-9-12-19(13-10-17)16(2)3/h5-10,12-13,16H,4,11,14-15H2,1-3H3,(H,23,25)(H,24,26). The molecule has 2 rings (SSSR count). The second-order valence-corrected chi connectivity index (χ2v) is 6.74. The maximum atomic E-state index is 11.9. The highest BCUT2D eigenvalue weighted by Crippen LogP contribution is 2.18. The summed E-state index contributed by atoms with van der Waals surface area (Å²) in [5.74, 6) is 0.552. The molecule has 5 heteroatoms. The molecule has 0 saturated carbocycles. The maximum absolute atomic E-state index is 11.9. The van der Waals surface area contributed by atoms with Crippen LogP contribution in [0.2, 0.25) is 0 Å². The van der Waals surface area contributed by atoms with Gasteiger partial charge < -0.3 is 4.74 Å². The Labute approximate surface area is 161 Å². The van der Waals surface area contributed by atoms with E-state index in [0.29, 0.717) is 24.5 Å². The van der Waals surface area contributed by atoms with E-state index in [1.165, 1.54) is 5.56 Å². The molecule has 0 atom stereocenters. The van der Waals surface area contributed by atoms with Crippen LogP contribution in [0.25, 0.3) is 0 Å². The molecule has 2 amide bonds. The van der Waals surface area contributed by atoms with Gasteiger partial charge in [0.1, 0.15) is 5.75 Å². The Morgan fingerprint density at radius 2 is 1.63 bits per heavy atom. The fourth-order valence-electron chi connectivity index (χ4n) is 2.65. The molecular formula is C22H28N2O3. The molecule has 0 heterocycles. The van der Waals surface area contributed by atoms with E-state index in [-0.39, 0.29) is 12.5 Å². The predicted molar refractivity (Wildman–Crippen MR) is 106 cm³/mol. The molecule has 0 bridgehead atoms. The van der Waals surface area contributed by atoms with Crippen molar-refractivity contribution in [2.45, 2.75) is 46.0 Å². The molecule has 0 aliphatic rings. The number of rotatable bonds is 8. The van der Waals surface area contributed by atoms with Crippen molar-refractivity contribution in [1.82, 2.24) is 10.9 Å². The van der Waals surface area contributed by atoms with Gasteiger partial charge in [-0.1, -0.05) is 63.2 Å². The molecule has 2 aromatic carbocycles. The summed E-state index contributed by atoms with van der Waals surface area (Å²) in [7, 11) is 0. The third kappa shape index (κ3) is 6.77. The van der Waals surface area contributed by atoms with Crippen LogP contribution >= 0.6 is 0 Å². The third-order valence-corrected chi connectivity index (χ3v) is 4.34. The van der Waals surface area contributed by atoms with Crippen molar-refractivity contribution in [2.24, 2.45) is 0 Å². The lowest BCUT2D eigenvalue weighted by Crippen LogP contribution is -2.43. The van der Waals surface area contributed by atoms with Crippen LogP contribution in [0.5, 0.6) is 5.75 Å². The van der Waals surface area contributed by atoms with Gasteiger partial charge in [-0.3, -0.25) is 20.4 Å². The summed E-state index contributed by atoms with van der Waals surface area (Å²) in [6.07, 6.45) is 1.76. The molecule has 0 aliphatic heterocycles. The highest BCUT2D eigenvalue weighted by Gasteiger charge is 2.08. The number of benzene rings is 2. The molecule has 2 aromatic rings. The number of aryl methyl sites for hydroxylation is 2. The monoisotopic (exact) mass is 368 g/mol. The lowest BCUT2D eigenvalue weighted by atomic mass is 10.0. The number of hydrogen-bond acceptors (Lipinski definition) is 3. The number of amides is 2. The second kappa shape index (κ2) is 10.4. The van der Waals surface area contributed by atoms with Crippen molar-refractivity contribution < 1.29 is 14.3 Å². The van der Waals surface area contributed by atoms with Crippen LogP contribution < -0.4 is 15.6 Å². The molecule has 0 aromatic heterocycles. The summed E-state index contributed by atoms with van der Waals surface area (Å²) in [5, 5.41) is 0. The SMILES string of the molecule is CCc1ccccc1OCC(=O)NNC(=O)CCc1ccc(C(C)C)cc1. The first kappa shape index (κ1) is 20.5. The Balaban J connectivity index is 1.69. The number of nitrogens with one attached hydrogen (secondary N) is 2. The molecule has 144 valence electrons. The second-order valence-electron chi connectivity index (χ2n) is 6.74. The highest BCUT2D eigenvalue weighted by molar-refractivity contribution is 5.82. The van der Waals surface area contributed by atoms with Crippen molar-refractivity contribution in [3.63, 3.8) is 0 Å². The zero-order valence-electron chi connectivity index (χ0n) is 16.2. The molecular weight excluding hydrogens is 340 g/mol. The van der Waals surface area contributed by atoms with Gasteiger partial charge in [-0.2, -0.15) is 0 Å². The van der Waals surface area contributed by atoms with Gasteiger partial charge >= 0.3 is 0 Å². The lowest BCUT2D eigenvalue weighted by Gasteiger charge is -2.11. The molecule has 0 saturated heterocycles. The minimum Gasteiger partial charge on any atom is -0.483 e. The van der Waals surface area contributed by atoms with E-state index in [1.54, 1.807) is 0 Å². The van der Waals surface area contributed by atoms with E-state index in [1.807, 2.05) is 43.3 Å². The van der Waals surface area contributed by atoms with Gasteiger partial charge in [-0.05, 0) is 41.5 Å². The van der Waals surface area contributed by atoms with Crippen LogP contribution in [0.3, 0.4) is 0 Å². The highest BCUT2D eigenvalue weighted by atomic mass is 16.5. The summed E-state index contributed by atoms with van der Waals surface area (Å²) in [6.45, 7) is 6.18. The minimum absolute atomic E-state index is 0.145. The van der Waals surface area contributed by atoms with E-state index in [4.69, 9.17) is 4.74 Å². The van der Waals surface area contributed by atoms with Crippen molar-refractivity contribution in [3.05, 3.63) is 65.2 Å². The largest absolute Gasteiger partial charge is 0.483 e. The molecule has 0 radical (unpaired) electrons. The van der Waals surface area contributed by atoms with Crippen LogP contribution in [-0.2, 0) is 22.4 Å². The van der Waals surface area contributed by atoms with Crippen molar-refractivity contribution in [2.75, 3.05) is 6.61 Å². The van der Waals surface area contributed by atoms with Gasteiger partial charge in [0.15, 0.2) is 6.61 Å². The number of carbonyl (C=O) groups excluding carboxylic acids is 2. The quantitative estimate of drug-likeness (QED) is 0.701. The minimum atomic E-state index is -0.393. The first-order valence-electron chi connectivity index (χ1n) is 9.36. The molecule has 0 aliphatic carbocycles. The summed E-state index contributed by atoms with van der Waals surface area (Å²) in [4.78, 5) is 23.7. The normalized spacial score (nSPS) is 10.5. The van der Waals surface area contributed by atoms with Gasteiger partial charge in [0.25, 0.3) is 5.91 Å². The molecule has 0 fully saturated rings. The zero-order valence-corrected chi connectivity index (χ0v) is 16.2. The van der Waals surface area contributed by atoms with Gasteiger partial charge in [0.2, 0.25) is 5.91 Å². The van der Waals surface area contributed by atoms with Crippen LogP contribution in [-0.4, -0.2) is 18.4 Å². The van der Waals surface area contributed by atoms with Crippen LogP contribution in [0.1, 0.15) is 49.8 Å². The lowest BCUT2D eigenvalue weighted by molar-refractivity contribution is -0.130. The van der Waals surface area contributed by atoms with E-state index >= 15 is 0 Å². The van der Waals surface area contributed by atoms with Gasteiger partial charge in [0.05, 0.1) is 0 Å². The number of ether oxygens (including phenoxy) is 1. The number of hydrazine groups is 1. The van der Waals surface area contributed by atoms with E-state index in [0.717, 1.165) is 17.5 Å². The molecule has 0 unspecified atom stereocenters. The first-order chi connectivity index (χ1) is 13.0. The van der Waals surface area contributed by atoms with E-state index < -0.39 is 5.91 Å². The summed E-state index contributed by atoms with van der Waals surface area (Å²) < 4.78 is 5.52. The zero-order chi connectivity index (χ0) is 19.6. The number of hydrogen-bond donors (Lipinski definition) is 2. The Morgan fingerprint density at radius 1 is 0.963 bits per heavy atom. The molecule has 2 N–H and O–H groups in total. The third-order valence-electron chi connectivity index (χ3n) is 4.34. The summed E-state index contributed by atoms with van der Waals surface area (Å²) >= 11 is 0. The molecule has 0 spiro atoms. The Kier molecular flexibility index (Phi) is 7.86. The topological polar surface area (TPSA) is 67.4 Å². The Morgan fingerprint density at radius 3 is 2.30 bits per heavy atom.